The minimum atomic E-state index is -0.772. The standard InChI is InChI=1S/C16H15F2N5O/c1-9(24)14(21-7-10-4-2-3-5-11(10)17)6-13(19)16-22-8-12(18)15(20)23-16/h2-6,8H,7,19H2,1H3,(H2,20,22,23). The Kier molecular flexibility index (Phi) is 5.31. The van der Waals surface area contributed by atoms with Crippen LogP contribution in [0.3, 0.4) is 0 Å². The zero-order chi connectivity index (χ0) is 17.7. The summed E-state index contributed by atoms with van der Waals surface area (Å²) in [7, 11) is 0. The van der Waals surface area contributed by atoms with E-state index in [0.29, 0.717) is 5.56 Å². The summed E-state index contributed by atoms with van der Waals surface area (Å²) in [5.74, 6) is -1.95. The van der Waals surface area contributed by atoms with Crippen LogP contribution in [-0.2, 0) is 11.3 Å². The number of benzene rings is 1. The van der Waals surface area contributed by atoms with Crippen molar-refractivity contribution < 1.29 is 13.6 Å². The second-order valence-corrected chi connectivity index (χ2v) is 4.88. The molecule has 0 spiro atoms. The van der Waals surface area contributed by atoms with Crippen LogP contribution in [0.15, 0.2) is 41.5 Å². The zero-order valence-electron chi connectivity index (χ0n) is 12.8. The van der Waals surface area contributed by atoms with Gasteiger partial charge in [-0.3, -0.25) is 9.79 Å². The van der Waals surface area contributed by atoms with E-state index in [-0.39, 0.29) is 35.4 Å². The maximum Gasteiger partial charge on any atom is 0.183 e. The Hall–Kier alpha value is -3.16. The molecule has 6 nitrogen and oxygen atoms in total. The Balaban J connectivity index is 2.30. The van der Waals surface area contributed by atoms with E-state index >= 15 is 0 Å². The molecule has 0 fully saturated rings. The molecule has 0 unspecified atom stereocenters. The highest BCUT2D eigenvalue weighted by Gasteiger charge is 2.10. The number of aliphatic imine (C=N–C) groups is 1. The first-order chi connectivity index (χ1) is 11.4. The third-order valence-corrected chi connectivity index (χ3v) is 3.06. The van der Waals surface area contributed by atoms with Crippen LogP contribution >= 0.6 is 0 Å². The SMILES string of the molecule is CC(=O)C(C=C(N)c1ncc(F)c(N)n1)=NCc1ccccc1F. The largest absolute Gasteiger partial charge is 0.396 e. The van der Waals surface area contributed by atoms with Gasteiger partial charge in [0.15, 0.2) is 23.2 Å². The van der Waals surface area contributed by atoms with Gasteiger partial charge in [0.1, 0.15) is 11.5 Å². The normalized spacial score (nSPS) is 12.3. The molecule has 4 N–H and O–H groups in total. The molecule has 0 radical (unpaired) electrons. The van der Waals surface area contributed by atoms with E-state index in [0.717, 1.165) is 6.20 Å². The third kappa shape index (κ3) is 4.19. The van der Waals surface area contributed by atoms with E-state index in [9.17, 15) is 13.6 Å². The fourth-order valence-electron chi connectivity index (χ4n) is 1.79. The summed E-state index contributed by atoms with van der Waals surface area (Å²) in [6, 6.07) is 6.09. The van der Waals surface area contributed by atoms with E-state index in [2.05, 4.69) is 15.0 Å². The summed E-state index contributed by atoms with van der Waals surface area (Å²) in [5, 5.41) is 0. The van der Waals surface area contributed by atoms with E-state index in [1.165, 1.54) is 19.1 Å². The van der Waals surface area contributed by atoms with E-state index in [4.69, 9.17) is 11.5 Å². The highest BCUT2D eigenvalue weighted by atomic mass is 19.1. The average Bonchev–Trinajstić information content (AvgIpc) is 2.54. The monoisotopic (exact) mass is 331 g/mol. The lowest BCUT2D eigenvalue weighted by molar-refractivity contribution is -0.111. The minimum Gasteiger partial charge on any atom is -0.396 e. The van der Waals surface area contributed by atoms with Crippen LogP contribution in [0.2, 0.25) is 0 Å². The zero-order valence-corrected chi connectivity index (χ0v) is 12.8. The molecule has 124 valence electrons. The molecule has 0 amide bonds. The molecule has 0 saturated carbocycles. The molecule has 0 atom stereocenters. The molecule has 24 heavy (non-hydrogen) atoms. The number of hydrogen-bond acceptors (Lipinski definition) is 6. The van der Waals surface area contributed by atoms with Gasteiger partial charge in [-0.2, -0.15) is 0 Å². The highest BCUT2D eigenvalue weighted by molar-refractivity contribution is 6.44. The maximum atomic E-state index is 13.6. The van der Waals surface area contributed by atoms with Crippen LogP contribution in [0.5, 0.6) is 0 Å². The van der Waals surface area contributed by atoms with Gasteiger partial charge in [-0.25, -0.2) is 18.7 Å². The van der Waals surface area contributed by atoms with Crippen molar-refractivity contribution >= 4 is 23.0 Å². The number of Topliss-reactive ketones (excluding diaryl/α,β-unsaturated/α-hetero) is 1. The van der Waals surface area contributed by atoms with Gasteiger partial charge in [-0.15, -0.1) is 0 Å². The van der Waals surface area contributed by atoms with Crippen LogP contribution in [0, 0.1) is 11.6 Å². The lowest BCUT2D eigenvalue weighted by atomic mass is 10.2. The quantitative estimate of drug-likeness (QED) is 0.813. The van der Waals surface area contributed by atoms with Gasteiger partial charge >= 0.3 is 0 Å². The number of hydrogen-bond donors (Lipinski definition) is 2. The second kappa shape index (κ2) is 7.40. The number of halogens is 2. The summed E-state index contributed by atoms with van der Waals surface area (Å²) in [4.78, 5) is 23.1. The fraction of sp³-hybridized carbons (Fsp3) is 0.125. The van der Waals surface area contributed by atoms with E-state index in [1.54, 1.807) is 18.2 Å². The number of nitrogens with zero attached hydrogens (tertiary/aromatic N) is 3. The number of ketones is 1. The summed E-state index contributed by atoms with van der Waals surface area (Å²) >= 11 is 0. The van der Waals surface area contributed by atoms with Crippen molar-refractivity contribution in [3.05, 3.63) is 59.6 Å². The summed E-state index contributed by atoms with van der Waals surface area (Å²) in [6.07, 6.45) is 2.12. The topological polar surface area (TPSA) is 107 Å². The molecule has 1 aromatic carbocycles. The highest BCUT2D eigenvalue weighted by Crippen LogP contribution is 2.11. The van der Waals surface area contributed by atoms with Crippen LogP contribution in [0.25, 0.3) is 5.70 Å². The lowest BCUT2D eigenvalue weighted by Gasteiger charge is -2.04. The van der Waals surface area contributed by atoms with E-state index < -0.39 is 11.6 Å². The Morgan fingerprint density at radius 2 is 2.00 bits per heavy atom. The molecule has 0 aliphatic heterocycles. The molecular weight excluding hydrogens is 316 g/mol. The van der Waals surface area contributed by atoms with Gasteiger partial charge in [-0.1, -0.05) is 18.2 Å². The van der Waals surface area contributed by atoms with Crippen molar-refractivity contribution in [2.75, 3.05) is 5.73 Å². The second-order valence-electron chi connectivity index (χ2n) is 4.88. The van der Waals surface area contributed by atoms with Crippen molar-refractivity contribution in [1.82, 2.24) is 9.97 Å². The van der Waals surface area contributed by atoms with E-state index in [1.807, 2.05) is 0 Å². The Morgan fingerprint density at radius 1 is 1.29 bits per heavy atom. The Labute approximate surface area is 136 Å². The predicted octanol–water partition coefficient (Wildman–Crippen LogP) is 1.87. The van der Waals surface area contributed by atoms with Crippen molar-refractivity contribution in [3.63, 3.8) is 0 Å². The molecule has 2 rings (SSSR count). The Bertz CT molecular complexity index is 833. The molecular formula is C16H15F2N5O. The molecule has 0 bridgehead atoms. The van der Waals surface area contributed by atoms with Gasteiger partial charge < -0.3 is 11.5 Å². The number of rotatable bonds is 5. The number of anilines is 1. The van der Waals surface area contributed by atoms with Gasteiger partial charge in [0, 0.05) is 12.5 Å². The predicted molar refractivity (Wildman–Crippen MR) is 86.8 cm³/mol. The number of nitrogens with two attached hydrogens (primary N) is 2. The van der Waals surface area contributed by atoms with Crippen molar-refractivity contribution in [2.45, 2.75) is 13.5 Å². The van der Waals surface area contributed by atoms with Gasteiger partial charge in [0.2, 0.25) is 0 Å². The maximum absolute atomic E-state index is 13.6. The summed E-state index contributed by atoms with van der Waals surface area (Å²) in [5.41, 5.74) is 11.5. The molecule has 8 heteroatoms. The van der Waals surface area contributed by atoms with Crippen LogP contribution < -0.4 is 11.5 Å². The number of nitrogen functional groups attached to an aromatic ring is 1. The average molecular weight is 331 g/mol. The van der Waals surface area contributed by atoms with Crippen molar-refractivity contribution in [3.8, 4) is 0 Å². The third-order valence-electron chi connectivity index (χ3n) is 3.06. The van der Waals surface area contributed by atoms with Gasteiger partial charge in [0.25, 0.3) is 0 Å². The number of carbonyl (C=O) groups excluding carboxylic acids is 1. The Morgan fingerprint density at radius 3 is 2.62 bits per heavy atom. The minimum absolute atomic E-state index is 0.0100. The molecule has 0 saturated heterocycles. The van der Waals surface area contributed by atoms with Gasteiger partial charge in [0.05, 0.1) is 18.4 Å². The number of aromatic nitrogens is 2. The molecule has 0 aliphatic rings. The fourth-order valence-corrected chi connectivity index (χ4v) is 1.79. The first-order valence-corrected chi connectivity index (χ1v) is 6.93. The number of carbonyl (C=O) groups is 1. The first kappa shape index (κ1) is 17.2. The molecule has 1 aromatic heterocycles. The molecule has 0 aliphatic carbocycles. The van der Waals surface area contributed by atoms with Crippen LogP contribution in [-0.4, -0.2) is 21.5 Å². The molecule has 1 heterocycles. The van der Waals surface area contributed by atoms with Crippen molar-refractivity contribution in [1.29, 1.82) is 0 Å². The van der Waals surface area contributed by atoms with Gasteiger partial charge in [-0.05, 0) is 12.1 Å². The van der Waals surface area contributed by atoms with Crippen LogP contribution in [0.1, 0.15) is 18.3 Å². The first-order valence-electron chi connectivity index (χ1n) is 6.93. The van der Waals surface area contributed by atoms with Crippen LogP contribution in [0.4, 0.5) is 14.6 Å². The lowest BCUT2D eigenvalue weighted by Crippen LogP contribution is -2.13. The summed E-state index contributed by atoms with van der Waals surface area (Å²) < 4.78 is 26.7. The summed E-state index contributed by atoms with van der Waals surface area (Å²) in [6.45, 7) is 1.27. The number of allylic oxidation sites excluding steroid dienone is 1. The molecule has 2 aromatic rings. The smallest absolute Gasteiger partial charge is 0.183 e. The van der Waals surface area contributed by atoms with Crippen molar-refractivity contribution in [2.24, 2.45) is 10.7 Å².